The molecule has 0 aliphatic carbocycles. The molecule has 0 bridgehead atoms. The minimum Gasteiger partial charge on any atom is -0.496 e. The van der Waals surface area contributed by atoms with Crippen LogP contribution in [0.4, 0.5) is 5.82 Å². The number of aromatic amines is 1. The highest BCUT2D eigenvalue weighted by atomic mass is 35.5. The first kappa shape index (κ1) is 11.8. The van der Waals surface area contributed by atoms with E-state index in [4.69, 9.17) is 22.1 Å². The Morgan fingerprint density at radius 1 is 1.35 bits per heavy atom. The van der Waals surface area contributed by atoms with E-state index < -0.39 is 0 Å². The lowest BCUT2D eigenvalue weighted by atomic mass is 10.1. The number of nitrogen functional groups attached to an aromatic ring is 1. The lowest BCUT2D eigenvalue weighted by Crippen LogP contribution is -1.92. The van der Waals surface area contributed by atoms with E-state index in [2.05, 4.69) is 10.2 Å². The number of ether oxygens (including phenoxy) is 1. The van der Waals surface area contributed by atoms with E-state index in [1.165, 1.54) is 0 Å². The van der Waals surface area contributed by atoms with Crippen LogP contribution in [0.3, 0.4) is 0 Å². The van der Waals surface area contributed by atoms with Crippen molar-refractivity contribution in [3.8, 4) is 17.0 Å². The number of rotatable bonds is 2. The SMILES string of the molecule is COc1cc(C)c(Cl)cc1-c1[nH]nc(N)c1C. The lowest BCUT2D eigenvalue weighted by molar-refractivity contribution is 0.416. The molecular weight excluding hydrogens is 238 g/mol. The Bertz CT molecular complexity index is 563. The van der Waals surface area contributed by atoms with Crippen molar-refractivity contribution in [3.05, 3.63) is 28.3 Å². The minimum atomic E-state index is 0.485. The van der Waals surface area contributed by atoms with Crippen LogP contribution in [0, 0.1) is 13.8 Å². The Balaban J connectivity index is 2.66. The third-order valence-corrected chi connectivity index (χ3v) is 3.20. The number of nitrogens with two attached hydrogens (primary N) is 1. The average molecular weight is 252 g/mol. The molecule has 0 unspecified atom stereocenters. The summed E-state index contributed by atoms with van der Waals surface area (Å²) in [4.78, 5) is 0. The van der Waals surface area contributed by atoms with Gasteiger partial charge in [-0.05, 0) is 31.5 Å². The van der Waals surface area contributed by atoms with Crippen LogP contribution in [0.1, 0.15) is 11.1 Å². The van der Waals surface area contributed by atoms with Gasteiger partial charge in [-0.1, -0.05) is 11.6 Å². The molecule has 0 amide bonds. The number of aryl methyl sites for hydroxylation is 1. The van der Waals surface area contributed by atoms with Crippen molar-refractivity contribution in [3.63, 3.8) is 0 Å². The van der Waals surface area contributed by atoms with E-state index >= 15 is 0 Å². The van der Waals surface area contributed by atoms with Gasteiger partial charge in [-0.25, -0.2) is 0 Å². The van der Waals surface area contributed by atoms with Crippen LogP contribution in [-0.4, -0.2) is 17.3 Å². The topological polar surface area (TPSA) is 63.9 Å². The summed E-state index contributed by atoms with van der Waals surface area (Å²) in [6.45, 7) is 3.84. The van der Waals surface area contributed by atoms with Crippen LogP contribution >= 0.6 is 11.6 Å². The summed E-state index contributed by atoms with van der Waals surface area (Å²) < 4.78 is 5.35. The molecule has 1 aromatic carbocycles. The second kappa shape index (κ2) is 4.30. The third-order valence-electron chi connectivity index (χ3n) is 2.80. The number of hydrogen-bond acceptors (Lipinski definition) is 3. The molecular formula is C12H14ClN3O. The second-order valence-corrected chi connectivity index (χ2v) is 4.32. The van der Waals surface area contributed by atoms with Crippen LogP contribution in [0.5, 0.6) is 5.75 Å². The summed E-state index contributed by atoms with van der Waals surface area (Å²) in [6.07, 6.45) is 0. The standard InChI is InChI=1S/C12H14ClN3O/c1-6-4-10(17-3)8(5-9(6)13)11-7(2)12(14)16-15-11/h4-5H,1-3H3,(H3,14,15,16). The quantitative estimate of drug-likeness (QED) is 0.863. The Kier molecular flexibility index (Phi) is 2.98. The molecule has 3 N–H and O–H groups in total. The van der Waals surface area contributed by atoms with Gasteiger partial charge in [0, 0.05) is 16.1 Å². The van der Waals surface area contributed by atoms with Crippen molar-refractivity contribution in [2.24, 2.45) is 0 Å². The summed E-state index contributed by atoms with van der Waals surface area (Å²) in [5.41, 5.74) is 9.28. The molecule has 0 saturated carbocycles. The minimum absolute atomic E-state index is 0.485. The molecule has 1 heterocycles. The number of aromatic nitrogens is 2. The zero-order valence-corrected chi connectivity index (χ0v) is 10.7. The van der Waals surface area contributed by atoms with E-state index in [1.807, 2.05) is 26.0 Å². The van der Waals surface area contributed by atoms with E-state index in [9.17, 15) is 0 Å². The zero-order chi connectivity index (χ0) is 12.6. The van der Waals surface area contributed by atoms with Gasteiger partial charge in [0.15, 0.2) is 0 Å². The first-order valence-corrected chi connectivity index (χ1v) is 5.57. The number of hydrogen-bond donors (Lipinski definition) is 2. The number of nitrogens with one attached hydrogen (secondary N) is 1. The van der Waals surface area contributed by atoms with E-state index in [0.29, 0.717) is 10.8 Å². The highest BCUT2D eigenvalue weighted by molar-refractivity contribution is 6.31. The van der Waals surface area contributed by atoms with Crippen LogP contribution in [0.25, 0.3) is 11.3 Å². The van der Waals surface area contributed by atoms with Gasteiger partial charge in [0.05, 0.1) is 12.8 Å². The van der Waals surface area contributed by atoms with Crippen molar-refractivity contribution in [1.82, 2.24) is 10.2 Å². The fourth-order valence-electron chi connectivity index (χ4n) is 1.69. The molecule has 0 aliphatic heterocycles. The third kappa shape index (κ3) is 1.96. The van der Waals surface area contributed by atoms with Gasteiger partial charge in [0.25, 0.3) is 0 Å². The first-order valence-electron chi connectivity index (χ1n) is 5.19. The van der Waals surface area contributed by atoms with Crippen LogP contribution in [0.15, 0.2) is 12.1 Å². The zero-order valence-electron chi connectivity index (χ0n) is 9.97. The summed E-state index contributed by atoms with van der Waals surface area (Å²) in [5.74, 6) is 1.23. The molecule has 0 fully saturated rings. The summed E-state index contributed by atoms with van der Waals surface area (Å²) in [7, 11) is 1.63. The Morgan fingerprint density at radius 3 is 2.59 bits per heavy atom. The number of anilines is 1. The summed E-state index contributed by atoms with van der Waals surface area (Å²) in [6, 6.07) is 3.75. The largest absolute Gasteiger partial charge is 0.496 e. The van der Waals surface area contributed by atoms with Crippen LogP contribution in [-0.2, 0) is 0 Å². The van der Waals surface area contributed by atoms with Crippen molar-refractivity contribution in [2.45, 2.75) is 13.8 Å². The molecule has 0 radical (unpaired) electrons. The maximum Gasteiger partial charge on any atom is 0.148 e. The average Bonchev–Trinajstić information content (AvgIpc) is 2.63. The molecule has 4 nitrogen and oxygen atoms in total. The first-order chi connectivity index (χ1) is 8.04. The highest BCUT2D eigenvalue weighted by Gasteiger charge is 2.14. The predicted molar refractivity (Wildman–Crippen MR) is 69.5 cm³/mol. The second-order valence-electron chi connectivity index (χ2n) is 3.91. The molecule has 1 aromatic heterocycles. The van der Waals surface area contributed by atoms with Gasteiger partial charge < -0.3 is 10.5 Å². The Morgan fingerprint density at radius 2 is 2.06 bits per heavy atom. The molecule has 2 aromatic rings. The molecule has 2 rings (SSSR count). The maximum absolute atomic E-state index is 6.13. The summed E-state index contributed by atoms with van der Waals surface area (Å²) in [5, 5.41) is 7.56. The lowest BCUT2D eigenvalue weighted by Gasteiger charge is -2.10. The van der Waals surface area contributed by atoms with Crippen LogP contribution in [0.2, 0.25) is 5.02 Å². The number of H-pyrrole nitrogens is 1. The molecule has 5 heteroatoms. The Hall–Kier alpha value is -1.68. The molecule has 0 saturated heterocycles. The van der Waals surface area contributed by atoms with Gasteiger partial charge in [-0.3, -0.25) is 5.10 Å². The fraction of sp³-hybridized carbons (Fsp3) is 0.250. The smallest absolute Gasteiger partial charge is 0.148 e. The van der Waals surface area contributed by atoms with E-state index in [0.717, 1.165) is 28.1 Å². The highest BCUT2D eigenvalue weighted by Crippen LogP contribution is 2.36. The van der Waals surface area contributed by atoms with Crippen molar-refractivity contribution >= 4 is 17.4 Å². The van der Waals surface area contributed by atoms with Crippen molar-refractivity contribution < 1.29 is 4.74 Å². The van der Waals surface area contributed by atoms with Crippen LogP contribution < -0.4 is 10.5 Å². The normalized spacial score (nSPS) is 10.6. The molecule has 0 aliphatic rings. The van der Waals surface area contributed by atoms with Gasteiger partial charge >= 0.3 is 0 Å². The number of halogens is 1. The van der Waals surface area contributed by atoms with Crippen molar-refractivity contribution in [2.75, 3.05) is 12.8 Å². The fourth-order valence-corrected chi connectivity index (χ4v) is 1.86. The molecule has 0 spiro atoms. The molecule has 17 heavy (non-hydrogen) atoms. The van der Waals surface area contributed by atoms with E-state index in [-0.39, 0.29) is 0 Å². The molecule has 90 valence electrons. The predicted octanol–water partition coefficient (Wildman–Crippen LogP) is 2.94. The van der Waals surface area contributed by atoms with Gasteiger partial charge in [0.2, 0.25) is 0 Å². The number of benzene rings is 1. The number of methoxy groups -OCH3 is 1. The van der Waals surface area contributed by atoms with E-state index in [1.54, 1.807) is 7.11 Å². The van der Waals surface area contributed by atoms with Gasteiger partial charge in [0.1, 0.15) is 11.6 Å². The Labute approximate surface area is 105 Å². The number of nitrogens with zero attached hydrogens (tertiary/aromatic N) is 1. The monoisotopic (exact) mass is 251 g/mol. The van der Waals surface area contributed by atoms with Gasteiger partial charge in [-0.15, -0.1) is 0 Å². The maximum atomic E-state index is 6.13. The summed E-state index contributed by atoms with van der Waals surface area (Å²) >= 11 is 6.13. The van der Waals surface area contributed by atoms with Gasteiger partial charge in [-0.2, -0.15) is 5.10 Å². The molecule has 0 atom stereocenters. The van der Waals surface area contributed by atoms with Crippen molar-refractivity contribution in [1.29, 1.82) is 0 Å².